The first-order valence-electron chi connectivity index (χ1n) is 6.71. The van der Waals surface area contributed by atoms with E-state index in [0.717, 1.165) is 23.5 Å². The average molecular weight is 336 g/mol. The number of allylic oxidation sites excluding steroid dienone is 1. The Bertz CT molecular complexity index is 627. The average Bonchev–Trinajstić information content (AvgIpc) is 2.54. The Morgan fingerprint density at radius 3 is 2.64 bits per heavy atom. The Kier molecular flexibility index (Phi) is 6.15. The van der Waals surface area contributed by atoms with E-state index in [2.05, 4.69) is 0 Å². The number of carbonyl (C=O) groups is 2. The zero-order chi connectivity index (χ0) is 15.9. The van der Waals surface area contributed by atoms with Crippen LogP contribution < -0.4 is 4.74 Å². The van der Waals surface area contributed by atoms with Crippen LogP contribution in [-0.2, 0) is 9.59 Å². The number of hydrogen-bond acceptors (Lipinski definition) is 5. The van der Waals surface area contributed by atoms with Crippen molar-refractivity contribution in [3.8, 4) is 5.75 Å². The lowest BCUT2D eigenvalue weighted by atomic mass is 10.1. The van der Waals surface area contributed by atoms with Gasteiger partial charge in [0.2, 0.25) is 0 Å². The summed E-state index contributed by atoms with van der Waals surface area (Å²) in [6.45, 7) is 0. The summed E-state index contributed by atoms with van der Waals surface area (Å²) in [4.78, 5) is 23.6. The number of aliphatic carboxylic acids is 1. The van der Waals surface area contributed by atoms with Crippen molar-refractivity contribution in [1.82, 2.24) is 0 Å². The van der Waals surface area contributed by atoms with E-state index in [1.54, 1.807) is 25.3 Å². The molecule has 1 aliphatic heterocycles. The van der Waals surface area contributed by atoms with Crippen molar-refractivity contribution < 1.29 is 19.4 Å². The fourth-order valence-corrected chi connectivity index (χ4v) is 4.50. The lowest BCUT2D eigenvalue weighted by Gasteiger charge is -2.14. The molecule has 0 amide bonds. The molecule has 4 nitrogen and oxygen atoms in total. The fourth-order valence-electron chi connectivity index (χ4n) is 1.87. The largest absolute Gasteiger partial charge is 0.497 e. The van der Waals surface area contributed by atoms with Crippen LogP contribution in [0.25, 0.3) is 6.08 Å². The molecule has 0 atom stereocenters. The molecule has 0 aliphatic carbocycles. The van der Waals surface area contributed by atoms with E-state index in [4.69, 9.17) is 4.74 Å². The first-order chi connectivity index (χ1) is 10.6. The summed E-state index contributed by atoms with van der Waals surface area (Å²) in [5, 5.41) is 9.32. The molecule has 1 fully saturated rings. The maximum Gasteiger partial charge on any atom is 0.341 e. The predicted octanol–water partition coefficient (Wildman–Crippen LogP) is 3.44. The van der Waals surface area contributed by atoms with Gasteiger partial charge in [-0.2, -0.15) is 0 Å². The van der Waals surface area contributed by atoms with Gasteiger partial charge in [0.15, 0.2) is 5.78 Å². The van der Waals surface area contributed by atoms with Crippen LogP contribution in [0.5, 0.6) is 5.75 Å². The number of benzene rings is 1. The van der Waals surface area contributed by atoms with E-state index in [1.165, 1.54) is 29.6 Å². The molecule has 22 heavy (non-hydrogen) atoms. The molecule has 0 unspecified atom stereocenters. The Balaban J connectivity index is 2.21. The predicted molar refractivity (Wildman–Crippen MR) is 91.2 cm³/mol. The van der Waals surface area contributed by atoms with Gasteiger partial charge >= 0.3 is 5.97 Å². The third-order valence-corrected chi connectivity index (χ3v) is 5.57. The van der Waals surface area contributed by atoms with Gasteiger partial charge in [-0.15, -0.1) is 23.5 Å². The minimum atomic E-state index is -1.17. The van der Waals surface area contributed by atoms with Crippen LogP contribution >= 0.6 is 23.5 Å². The molecular formula is C16H16O4S2. The zero-order valence-electron chi connectivity index (χ0n) is 12.1. The van der Waals surface area contributed by atoms with E-state index in [1.807, 2.05) is 12.1 Å². The SMILES string of the molecule is COc1cccc(/C=C/C(=O)C(C(=O)O)=C2SCCCS2)c1. The van der Waals surface area contributed by atoms with Crippen molar-refractivity contribution in [2.75, 3.05) is 18.6 Å². The Morgan fingerprint density at radius 2 is 2.00 bits per heavy atom. The minimum Gasteiger partial charge on any atom is -0.497 e. The standard InChI is InChI=1S/C16H16O4S2/c1-20-12-5-2-4-11(10-12)6-7-13(17)14(15(18)19)16-21-8-3-9-22-16/h2,4-7,10H,3,8-9H2,1H3,(H,18,19)/b7-6+. The lowest BCUT2D eigenvalue weighted by Crippen LogP contribution is -2.13. The van der Waals surface area contributed by atoms with Gasteiger partial charge in [-0.25, -0.2) is 4.79 Å². The number of thioether (sulfide) groups is 2. The summed E-state index contributed by atoms with van der Waals surface area (Å²) in [7, 11) is 1.57. The number of rotatable bonds is 5. The summed E-state index contributed by atoms with van der Waals surface area (Å²) in [5.74, 6) is 0.743. The van der Waals surface area contributed by atoms with Crippen LogP contribution in [-0.4, -0.2) is 35.5 Å². The highest BCUT2D eigenvalue weighted by atomic mass is 32.2. The minimum absolute atomic E-state index is 0.131. The quantitative estimate of drug-likeness (QED) is 0.505. The Morgan fingerprint density at radius 1 is 1.27 bits per heavy atom. The van der Waals surface area contributed by atoms with Crippen molar-refractivity contribution in [2.24, 2.45) is 0 Å². The molecule has 0 radical (unpaired) electrons. The third kappa shape index (κ3) is 4.42. The molecule has 0 saturated carbocycles. The van der Waals surface area contributed by atoms with E-state index >= 15 is 0 Å². The van der Waals surface area contributed by atoms with Gasteiger partial charge in [-0.1, -0.05) is 18.2 Å². The molecule has 6 heteroatoms. The van der Waals surface area contributed by atoms with Crippen LogP contribution in [0.2, 0.25) is 0 Å². The van der Waals surface area contributed by atoms with E-state index in [0.29, 0.717) is 9.99 Å². The van der Waals surface area contributed by atoms with Crippen LogP contribution in [0.15, 0.2) is 40.2 Å². The molecule has 0 spiro atoms. The number of carboxylic acids is 1. The van der Waals surface area contributed by atoms with E-state index in [9.17, 15) is 14.7 Å². The summed E-state index contributed by atoms with van der Waals surface area (Å²) in [5.41, 5.74) is 0.653. The van der Waals surface area contributed by atoms with Gasteiger partial charge in [-0.05, 0) is 41.7 Å². The number of ketones is 1. The smallest absolute Gasteiger partial charge is 0.341 e. The second kappa shape index (κ2) is 8.10. The second-order valence-electron chi connectivity index (χ2n) is 4.49. The fraction of sp³-hybridized carbons (Fsp3) is 0.250. The zero-order valence-corrected chi connectivity index (χ0v) is 13.7. The van der Waals surface area contributed by atoms with Crippen molar-refractivity contribution in [1.29, 1.82) is 0 Å². The molecule has 1 N–H and O–H groups in total. The van der Waals surface area contributed by atoms with Gasteiger partial charge in [0, 0.05) is 0 Å². The number of carboxylic acid groups (broad SMARTS) is 1. The van der Waals surface area contributed by atoms with Crippen LogP contribution in [0.3, 0.4) is 0 Å². The normalized spacial score (nSPS) is 14.9. The van der Waals surface area contributed by atoms with Gasteiger partial charge in [0.05, 0.1) is 11.3 Å². The topological polar surface area (TPSA) is 63.6 Å². The van der Waals surface area contributed by atoms with Crippen molar-refractivity contribution in [3.05, 3.63) is 45.7 Å². The monoisotopic (exact) mass is 336 g/mol. The highest BCUT2D eigenvalue weighted by Crippen LogP contribution is 2.37. The number of ether oxygens (including phenoxy) is 1. The maximum atomic E-state index is 12.2. The molecule has 2 rings (SSSR count). The molecule has 1 aromatic carbocycles. The van der Waals surface area contributed by atoms with Crippen molar-refractivity contribution in [2.45, 2.75) is 6.42 Å². The molecule has 1 saturated heterocycles. The Hall–Kier alpha value is -1.66. The summed E-state index contributed by atoms with van der Waals surface area (Å²) >= 11 is 2.89. The summed E-state index contributed by atoms with van der Waals surface area (Å²) in [6.07, 6.45) is 3.94. The summed E-state index contributed by atoms with van der Waals surface area (Å²) < 4.78 is 5.72. The molecule has 0 bridgehead atoms. The molecule has 0 aromatic heterocycles. The molecule has 116 valence electrons. The van der Waals surface area contributed by atoms with Crippen LogP contribution in [0.4, 0.5) is 0 Å². The second-order valence-corrected chi connectivity index (χ2v) is 6.96. The Labute approximate surface area is 137 Å². The van der Waals surface area contributed by atoms with Gasteiger partial charge in [0.25, 0.3) is 0 Å². The van der Waals surface area contributed by atoms with Crippen LogP contribution in [0, 0.1) is 0 Å². The number of methoxy groups -OCH3 is 1. The summed E-state index contributed by atoms with van der Waals surface area (Å²) in [6, 6.07) is 7.22. The highest BCUT2D eigenvalue weighted by molar-refractivity contribution is 8.22. The lowest BCUT2D eigenvalue weighted by molar-refractivity contribution is -0.134. The van der Waals surface area contributed by atoms with Crippen LogP contribution in [0.1, 0.15) is 12.0 Å². The molecule has 1 heterocycles. The van der Waals surface area contributed by atoms with Gasteiger partial charge in [0.1, 0.15) is 11.3 Å². The van der Waals surface area contributed by atoms with Crippen molar-refractivity contribution in [3.63, 3.8) is 0 Å². The first kappa shape index (κ1) is 16.7. The molecule has 1 aliphatic rings. The van der Waals surface area contributed by atoms with E-state index < -0.39 is 11.8 Å². The van der Waals surface area contributed by atoms with Gasteiger partial charge < -0.3 is 9.84 Å². The molecule has 1 aromatic rings. The third-order valence-electron chi connectivity index (χ3n) is 2.94. The van der Waals surface area contributed by atoms with E-state index in [-0.39, 0.29) is 5.57 Å². The van der Waals surface area contributed by atoms with Crippen molar-refractivity contribution >= 4 is 41.4 Å². The number of carbonyl (C=O) groups excluding carboxylic acids is 1. The van der Waals surface area contributed by atoms with Gasteiger partial charge in [-0.3, -0.25) is 4.79 Å². The highest BCUT2D eigenvalue weighted by Gasteiger charge is 2.23. The first-order valence-corrected chi connectivity index (χ1v) is 8.68. The maximum absolute atomic E-state index is 12.2. The number of hydrogen-bond donors (Lipinski definition) is 1. The molecular weight excluding hydrogens is 320 g/mol.